The van der Waals surface area contributed by atoms with Crippen LogP contribution in [0.4, 0.5) is 5.69 Å². The van der Waals surface area contributed by atoms with Crippen LogP contribution in [0.3, 0.4) is 0 Å². The lowest BCUT2D eigenvalue weighted by molar-refractivity contribution is -0.385. The molecule has 0 unspecified atom stereocenters. The first-order valence-electron chi connectivity index (χ1n) is 5.25. The first-order chi connectivity index (χ1) is 8.19. The number of unbranched alkanes of at least 4 members (excludes halogenated alkanes) is 1. The highest BCUT2D eigenvalue weighted by molar-refractivity contribution is 5.50. The molecular formula is C11H15NO5. The van der Waals surface area contributed by atoms with Crippen LogP contribution in [-0.2, 0) is 0 Å². The maximum absolute atomic E-state index is 10.7. The van der Waals surface area contributed by atoms with Crippen molar-refractivity contribution in [3.63, 3.8) is 0 Å². The minimum atomic E-state index is -0.514. The SMILES string of the molecule is COc1ccc(OCCCCO)cc1[N+](=O)[O-]. The largest absolute Gasteiger partial charge is 0.493 e. The molecule has 0 aliphatic carbocycles. The number of nitro benzene ring substituents is 1. The smallest absolute Gasteiger partial charge is 0.314 e. The third kappa shape index (κ3) is 3.92. The Balaban J connectivity index is 2.68. The molecule has 0 aromatic heterocycles. The van der Waals surface area contributed by atoms with Crippen molar-refractivity contribution in [2.24, 2.45) is 0 Å². The van der Waals surface area contributed by atoms with E-state index in [0.717, 1.165) is 0 Å². The molecule has 0 amide bonds. The molecule has 0 aliphatic rings. The van der Waals surface area contributed by atoms with Gasteiger partial charge in [0.05, 0.1) is 24.7 Å². The number of methoxy groups -OCH3 is 1. The summed E-state index contributed by atoms with van der Waals surface area (Å²) in [6.45, 7) is 0.538. The lowest BCUT2D eigenvalue weighted by Crippen LogP contribution is -2.00. The lowest BCUT2D eigenvalue weighted by Gasteiger charge is -2.07. The lowest BCUT2D eigenvalue weighted by atomic mass is 10.3. The van der Waals surface area contributed by atoms with E-state index >= 15 is 0 Å². The fraction of sp³-hybridized carbons (Fsp3) is 0.455. The Morgan fingerprint density at radius 1 is 1.41 bits per heavy atom. The average Bonchev–Trinajstić information content (AvgIpc) is 2.34. The molecule has 6 heteroatoms. The summed E-state index contributed by atoms with van der Waals surface area (Å²) in [7, 11) is 1.38. The Morgan fingerprint density at radius 2 is 2.18 bits per heavy atom. The molecule has 0 spiro atoms. The van der Waals surface area contributed by atoms with Gasteiger partial charge in [-0.25, -0.2) is 0 Å². The van der Waals surface area contributed by atoms with Crippen molar-refractivity contribution in [3.8, 4) is 11.5 Å². The van der Waals surface area contributed by atoms with Crippen molar-refractivity contribution in [3.05, 3.63) is 28.3 Å². The molecule has 6 nitrogen and oxygen atoms in total. The number of aliphatic hydroxyl groups excluding tert-OH is 1. The number of hydrogen-bond acceptors (Lipinski definition) is 5. The summed E-state index contributed by atoms with van der Waals surface area (Å²) in [5.41, 5.74) is -0.118. The second kappa shape index (κ2) is 6.70. The van der Waals surface area contributed by atoms with E-state index in [1.165, 1.54) is 19.2 Å². The standard InChI is InChI=1S/C11H15NO5/c1-16-11-5-4-9(8-10(11)12(14)15)17-7-3-2-6-13/h4-5,8,13H,2-3,6-7H2,1H3. The minimum absolute atomic E-state index is 0.117. The van der Waals surface area contributed by atoms with Crippen molar-refractivity contribution in [1.82, 2.24) is 0 Å². The van der Waals surface area contributed by atoms with Crippen LogP contribution in [0.5, 0.6) is 11.5 Å². The van der Waals surface area contributed by atoms with Crippen molar-refractivity contribution in [2.45, 2.75) is 12.8 Å². The molecule has 0 saturated heterocycles. The molecule has 94 valence electrons. The third-order valence-electron chi connectivity index (χ3n) is 2.17. The highest BCUT2D eigenvalue weighted by atomic mass is 16.6. The molecule has 1 rings (SSSR count). The van der Waals surface area contributed by atoms with Crippen LogP contribution in [-0.4, -0.2) is 30.4 Å². The van der Waals surface area contributed by atoms with E-state index in [2.05, 4.69) is 0 Å². The van der Waals surface area contributed by atoms with Crippen LogP contribution in [0.2, 0.25) is 0 Å². The van der Waals surface area contributed by atoms with E-state index in [1.807, 2.05) is 0 Å². The fourth-order valence-electron chi connectivity index (χ4n) is 1.31. The summed E-state index contributed by atoms with van der Waals surface area (Å²) in [6, 6.07) is 4.45. The van der Waals surface area contributed by atoms with E-state index in [0.29, 0.717) is 25.2 Å². The first-order valence-corrected chi connectivity index (χ1v) is 5.25. The number of benzene rings is 1. The maximum Gasteiger partial charge on any atom is 0.314 e. The van der Waals surface area contributed by atoms with Crippen LogP contribution in [0, 0.1) is 10.1 Å². The number of rotatable bonds is 7. The maximum atomic E-state index is 10.7. The zero-order chi connectivity index (χ0) is 12.7. The topological polar surface area (TPSA) is 81.8 Å². The normalized spacial score (nSPS) is 10.0. The van der Waals surface area contributed by atoms with Gasteiger partial charge in [-0.3, -0.25) is 10.1 Å². The van der Waals surface area contributed by atoms with Gasteiger partial charge < -0.3 is 14.6 Å². The molecule has 0 atom stereocenters. The molecule has 0 aliphatic heterocycles. The highest BCUT2D eigenvalue weighted by Crippen LogP contribution is 2.30. The van der Waals surface area contributed by atoms with Gasteiger partial charge in [0.1, 0.15) is 5.75 Å². The summed E-state index contributed by atoms with van der Waals surface area (Å²) in [5, 5.41) is 19.3. The molecule has 0 radical (unpaired) electrons. The number of nitro groups is 1. The molecule has 1 aromatic carbocycles. The van der Waals surface area contributed by atoms with Gasteiger partial charge in [0, 0.05) is 6.61 Å². The van der Waals surface area contributed by atoms with Gasteiger partial charge in [0.15, 0.2) is 5.75 Å². The van der Waals surface area contributed by atoms with E-state index in [4.69, 9.17) is 14.6 Å². The van der Waals surface area contributed by atoms with Crippen LogP contribution in [0.25, 0.3) is 0 Å². The molecular weight excluding hydrogens is 226 g/mol. The molecule has 17 heavy (non-hydrogen) atoms. The Morgan fingerprint density at radius 3 is 2.76 bits per heavy atom. The second-order valence-electron chi connectivity index (χ2n) is 3.37. The van der Waals surface area contributed by atoms with Crippen molar-refractivity contribution >= 4 is 5.69 Å². The Kier molecular flexibility index (Phi) is 5.22. The quantitative estimate of drug-likeness (QED) is 0.447. The monoisotopic (exact) mass is 241 g/mol. The van der Waals surface area contributed by atoms with Gasteiger partial charge in [-0.05, 0) is 25.0 Å². The van der Waals surface area contributed by atoms with Gasteiger partial charge in [0.2, 0.25) is 0 Å². The van der Waals surface area contributed by atoms with Gasteiger partial charge >= 0.3 is 5.69 Å². The molecule has 0 saturated carbocycles. The zero-order valence-electron chi connectivity index (χ0n) is 9.59. The summed E-state index contributed by atoms with van der Waals surface area (Å²) in [5.74, 6) is 0.633. The molecule has 0 bridgehead atoms. The average molecular weight is 241 g/mol. The van der Waals surface area contributed by atoms with Crippen LogP contribution in [0.1, 0.15) is 12.8 Å². The summed E-state index contributed by atoms with van der Waals surface area (Å²) in [4.78, 5) is 10.2. The van der Waals surface area contributed by atoms with E-state index in [1.54, 1.807) is 6.07 Å². The molecule has 1 aromatic rings. The van der Waals surface area contributed by atoms with Crippen molar-refractivity contribution in [2.75, 3.05) is 20.3 Å². The Labute approximate surface area is 98.9 Å². The number of hydrogen-bond donors (Lipinski definition) is 1. The van der Waals surface area contributed by atoms with Gasteiger partial charge in [-0.1, -0.05) is 0 Å². The Bertz CT molecular complexity index is 380. The number of aliphatic hydroxyl groups is 1. The summed E-state index contributed by atoms with van der Waals surface area (Å²) < 4.78 is 10.2. The third-order valence-corrected chi connectivity index (χ3v) is 2.17. The van der Waals surface area contributed by atoms with Gasteiger partial charge in [0.25, 0.3) is 0 Å². The predicted molar refractivity (Wildman–Crippen MR) is 61.5 cm³/mol. The van der Waals surface area contributed by atoms with Crippen molar-refractivity contribution in [1.29, 1.82) is 0 Å². The van der Waals surface area contributed by atoms with E-state index in [9.17, 15) is 10.1 Å². The van der Waals surface area contributed by atoms with Gasteiger partial charge in [-0.15, -0.1) is 0 Å². The highest BCUT2D eigenvalue weighted by Gasteiger charge is 2.15. The molecule has 1 N–H and O–H groups in total. The minimum Gasteiger partial charge on any atom is -0.493 e. The Hall–Kier alpha value is -1.82. The first kappa shape index (κ1) is 13.2. The van der Waals surface area contributed by atoms with E-state index < -0.39 is 4.92 Å². The van der Waals surface area contributed by atoms with Crippen molar-refractivity contribution < 1.29 is 19.5 Å². The fourth-order valence-corrected chi connectivity index (χ4v) is 1.31. The molecule has 0 fully saturated rings. The summed E-state index contributed by atoms with van der Waals surface area (Å²) >= 11 is 0. The summed E-state index contributed by atoms with van der Waals surface area (Å²) in [6.07, 6.45) is 1.36. The number of nitrogens with zero attached hydrogens (tertiary/aromatic N) is 1. The predicted octanol–water partition coefficient (Wildman–Crippen LogP) is 1.75. The molecule has 0 heterocycles. The zero-order valence-corrected chi connectivity index (χ0v) is 9.59. The van der Waals surface area contributed by atoms with Crippen LogP contribution < -0.4 is 9.47 Å². The number of ether oxygens (including phenoxy) is 2. The van der Waals surface area contributed by atoms with E-state index in [-0.39, 0.29) is 18.0 Å². The second-order valence-corrected chi connectivity index (χ2v) is 3.37. The van der Waals surface area contributed by atoms with Gasteiger partial charge in [-0.2, -0.15) is 0 Å². The van der Waals surface area contributed by atoms with Crippen LogP contribution >= 0.6 is 0 Å². The van der Waals surface area contributed by atoms with Crippen LogP contribution in [0.15, 0.2) is 18.2 Å².